The lowest BCUT2D eigenvalue weighted by Crippen LogP contribution is -2.13. The van der Waals surface area contributed by atoms with E-state index in [0.29, 0.717) is 34.6 Å². The van der Waals surface area contributed by atoms with Crippen LogP contribution in [0.5, 0.6) is 5.75 Å². The fraction of sp³-hybridized carbons (Fsp3) is 0.0909. The Balaban J connectivity index is 1.78. The molecule has 0 unspecified atom stereocenters. The molecule has 1 N–H and O–H groups in total. The predicted molar refractivity (Wildman–Crippen MR) is 109 cm³/mol. The number of hydrogen-bond acceptors (Lipinski definition) is 4. The number of ether oxygens (including phenoxy) is 1. The molecule has 1 amide bonds. The number of amides is 1. The number of carbonyl (C=O) groups is 1. The van der Waals surface area contributed by atoms with Gasteiger partial charge in [-0.2, -0.15) is 5.26 Å². The zero-order chi connectivity index (χ0) is 19.9. The van der Waals surface area contributed by atoms with Crippen molar-refractivity contribution in [2.24, 2.45) is 0 Å². The molecule has 0 radical (unpaired) electrons. The molecule has 3 aromatic rings. The van der Waals surface area contributed by atoms with Gasteiger partial charge in [-0.25, -0.2) is 0 Å². The molecule has 0 aliphatic rings. The van der Waals surface area contributed by atoms with Crippen molar-refractivity contribution in [3.63, 3.8) is 0 Å². The molecule has 1 heterocycles. The number of hydrogen-bond donors (Lipinski definition) is 1. The highest BCUT2D eigenvalue weighted by atomic mass is 35.5. The molecule has 6 heteroatoms. The van der Waals surface area contributed by atoms with Crippen LogP contribution in [-0.2, 0) is 4.79 Å². The maximum absolute atomic E-state index is 12.4. The van der Waals surface area contributed by atoms with Crippen LogP contribution in [-0.4, -0.2) is 12.5 Å². The highest BCUT2D eigenvalue weighted by molar-refractivity contribution is 6.30. The number of carbonyl (C=O) groups excluding carboxylic acids is 1. The molecule has 28 heavy (non-hydrogen) atoms. The Morgan fingerprint density at radius 3 is 2.79 bits per heavy atom. The van der Waals surface area contributed by atoms with E-state index in [1.165, 1.54) is 6.08 Å². The van der Waals surface area contributed by atoms with Crippen molar-refractivity contribution in [1.29, 1.82) is 5.26 Å². The van der Waals surface area contributed by atoms with Crippen LogP contribution < -0.4 is 10.1 Å². The average molecular weight is 393 g/mol. The van der Waals surface area contributed by atoms with E-state index in [1.54, 1.807) is 48.5 Å². The van der Waals surface area contributed by atoms with Gasteiger partial charge in [0.25, 0.3) is 5.91 Å². The van der Waals surface area contributed by atoms with E-state index in [0.717, 1.165) is 5.56 Å². The Hall–Kier alpha value is -3.49. The van der Waals surface area contributed by atoms with Crippen molar-refractivity contribution < 1.29 is 13.9 Å². The SMILES string of the molecule is CCOc1cccc(NC(=O)/C(C#N)=C/c2ccc(-c3cccc(Cl)c3)o2)c1. The molecule has 0 saturated heterocycles. The highest BCUT2D eigenvalue weighted by Gasteiger charge is 2.12. The monoisotopic (exact) mass is 392 g/mol. The summed E-state index contributed by atoms with van der Waals surface area (Å²) in [5.74, 6) is 1.09. The third-order valence-corrected chi connectivity index (χ3v) is 4.03. The topological polar surface area (TPSA) is 75.3 Å². The fourth-order valence-electron chi connectivity index (χ4n) is 2.55. The number of nitrogens with zero attached hydrogens (tertiary/aromatic N) is 1. The van der Waals surface area contributed by atoms with Gasteiger partial charge in [-0.15, -0.1) is 0 Å². The second-order valence-electron chi connectivity index (χ2n) is 5.80. The minimum Gasteiger partial charge on any atom is -0.494 e. The third-order valence-electron chi connectivity index (χ3n) is 3.79. The van der Waals surface area contributed by atoms with E-state index >= 15 is 0 Å². The molecule has 0 aliphatic carbocycles. The van der Waals surface area contributed by atoms with Crippen LogP contribution in [0, 0.1) is 11.3 Å². The Labute approximate surface area is 167 Å². The van der Waals surface area contributed by atoms with Gasteiger partial charge in [0, 0.05) is 28.4 Å². The zero-order valence-electron chi connectivity index (χ0n) is 15.1. The number of furan rings is 1. The first kappa shape index (κ1) is 19.3. The highest BCUT2D eigenvalue weighted by Crippen LogP contribution is 2.26. The lowest BCUT2D eigenvalue weighted by atomic mass is 10.2. The molecule has 0 spiro atoms. The standard InChI is InChI=1S/C22H17ClN2O3/c1-2-27-19-8-4-7-18(13-19)25-22(26)16(14-24)12-20-9-10-21(28-20)15-5-3-6-17(23)11-15/h3-13H,2H2,1H3,(H,25,26)/b16-12+. The van der Waals surface area contributed by atoms with Crippen molar-refractivity contribution in [1.82, 2.24) is 0 Å². The van der Waals surface area contributed by atoms with Crippen LogP contribution in [0.1, 0.15) is 12.7 Å². The summed E-state index contributed by atoms with van der Waals surface area (Å²) in [5, 5.41) is 12.7. The van der Waals surface area contributed by atoms with E-state index in [2.05, 4.69) is 5.32 Å². The maximum Gasteiger partial charge on any atom is 0.266 e. The number of halogens is 1. The van der Waals surface area contributed by atoms with Crippen molar-refractivity contribution in [3.8, 4) is 23.1 Å². The van der Waals surface area contributed by atoms with Crippen LogP contribution >= 0.6 is 11.6 Å². The third kappa shape index (κ3) is 4.81. The summed E-state index contributed by atoms with van der Waals surface area (Å²) in [6.07, 6.45) is 1.40. The summed E-state index contributed by atoms with van der Waals surface area (Å²) < 4.78 is 11.1. The molecule has 0 bridgehead atoms. The van der Waals surface area contributed by atoms with Gasteiger partial charge < -0.3 is 14.5 Å². The van der Waals surface area contributed by atoms with E-state index < -0.39 is 5.91 Å². The summed E-state index contributed by atoms with van der Waals surface area (Å²) >= 11 is 6.00. The molecule has 2 aromatic carbocycles. The van der Waals surface area contributed by atoms with Crippen LogP contribution in [0.3, 0.4) is 0 Å². The molecule has 1 aromatic heterocycles. The zero-order valence-corrected chi connectivity index (χ0v) is 15.9. The quantitative estimate of drug-likeness (QED) is 0.441. The molecule has 5 nitrogen and oxygen atoms in total. The molecule has 140 valence electrons. The van der Waals surface area contributed by atoms with Crippen molar-refractivity contribution in [2.75, 3.05) is 11.9 Å². The largest absolute Gasteiger partial charge is 0.494 e. The van der Waals surface area contributed by atoms with Gasteiger partial charge in [0.2, 0.25) is 0 Å². The summed E-state index contributed by atoms with van der Waals surface area (Å²) in [6, 6.07) is 19.6. The van der Waals surface area contributed by atoms with Gasteiger partial charge in [0.1, 0.15) is 28.9 Å². The van der Waals surface area contributed by atoms with Crippen molar-refractivity contribution >= 4 is 29.3 Å². The smallest absolute Gasteiger partial charge is 0.266 e. The lowest BCUT2D eigenvalue weighted by molar-refractivity contribution is -0.112. The van der Waals surface area contributed by atoms with E-state index in [4.69, 9.17) is 20.8 Å². The normalized spacial score (nSPS) is 11.0. The van der Waals surface area contributed by atoms with E-state index in [1.807, 2.05) is 25.1 Å². The molecule has 0 fully saturated rings. The number of rotatable bonds is 6. The van der Waals surface area contributed by atoms with E-state index in [9.17, 15) is 10.1 Å². The summed E-state index contributed by atoms with van der Waals surface area (Å²) in [6.45, 7) is 2.40. The van der Waals surface area contributed by atoms with Crippen LogP contribution in [0.2, 0.25) is 5.02 Å². The van der Waals surface area contributed by atoms with Gasteiger partial charge in [0.05, 0.1) is 6.61 Å². The average Bonchev–Trinajstić information content (AvgIpc) is 3.15. The fourth-order valence-corrected chi connectivity index (χ4v) is 2.74. The van der Waals surface area contributed by atoms with Gasteiger partial charge in [-0.1, -0.05) is 29.8 Å². The summed E-state index contributed by atoms with van der Waals surface area (Å²) in [7, 11) is 0. The van der Waals surface area contributed by atoms with Crippen LogP contribution in [0.15, 0.2) is 70.7 Å². The Morgan fingerprint density at radius 1 is 1.21 bits per heavy atom. The first-order chi connectivity index (χ1) is 13.6. The van der Waals surface area contributed by atoms with Crippen LogP contribution in [0.4, 0.5) is 5.69 Å². The van der Waals surface area contributed by atoms with Crippen molar-refractivity contribution in [2.45, 2.75) is 6.92 Å². The summed E-state index contributed by atoms with van der Waals surface area (Å²) in [5.41, 5.74) is 1.27. The first-order valence-corrected chi connectivity index (χ1v) is 8.98. The van der Waals surface area contributed by atoms with Gasteiger partial charge >= 0.3 is 0 Å². The Morgan fingerprint density at radius 2 is 2.04 bits per heavy atom. The lowest BCUT2D eigenvalue weighted by Gasteiger charge is -2.07. The molecular formula is C22H17ClN2O3. The maximum atomic E-state index is 12.4. The van der Waals surface area contributed by atoms with Gasteiger partial charge in [-0.3, -0.25) is 4.79 Å². The molecule has 0 aliphatic heterocycles. The number of anilines is 1. The van der Waals surface area contributed by atoms with Gasteiger partial charge in [-0.05, 0) is 43.3 Å². The van der Waals surface area contributed by atoms with E-state index in [-0.39, 0.29) is 5.57 Å². The second-order valence-corrected chi connectivity index (χ2v) is 6.23. The van der Waals surface area contributed by atoms with Crippen LogP contribution in [0.25, 0.3) is 17.4 Å². The molecule has 0 atom stereocenters. The van der Waals surface area contributed by atoms with Gasteiger partial charge in [0.15, 0.2) is 0 Å². The summed E-state index contributed by atoms with van der Waals surface area (Å²) in [4.78, 5) is 12.4. The predicted octanol–water partition coefficient (Wildman–Crippen LogP) is 5.54. The minimum absolute atomic E-state index is 0.0752. The molecular weight excluding hydrogens is 376 g/mol. The Kier molecular flexibility index (Phi) is 6.15. The molecule has 0 saturated carbocycles. The molecule has 3 rings (SSSR count). The number of benzene rings is 2. The Bertz CT molecular complexity index is 1060. The number of nitriles is 1. The second kappa shape index (κ2) is 8.94. The van der Waals surface area contributed by atoms with Crippen molar-refractivity contribution in [3.05, 3.63) is 77.0 Å². The number of nitrogens with one attached hydrogen (secondary N) is 1. The first-order valence-electron chi connectivity index (χ1n) is 8.61. The minimum atomic E-state index is -0.531.